The van der Waals surface area contributed by atoms with Crippen molar-refractivity contribution >= 4 is 0 Å². The molecule has 0 saturated heterocycles. The van der Waals surface area contributed by atoms with Crippen molar-refractivity contribution < 1.29 is 4.74 Å². The van der Waals surface area contributed by atoms with Crippen LogP contribution in [0.4, 0.5) is 0 Å². The smallest absolute Gasteiger partial charge is 0.127 e. The van der Waals surface area contributed by atoms with Gasteiger partial charge in [0.2, 0.25) is 0 Å². The average Bonchev–Trinajstić information content (AvgIpc) is 3.31. The maximum Gasteiger partial charge on any atom is 0.127 e. The summed E-state index contributed by atoms with van der Waals surface area (Å²) in [5, 5.41) is 0. The Bertz CT molecular complexity index is 1940. The monoisotopic (exact) mass is 815 g/mol. The fraction of sp³-hybridized carbons (Fsp3) is 0.429. The Morgan fingerprint density at radius 1 is 0.344 bits per heavy atom. The van der Waals surface area contributed by atoms with Gasteiger partial charge in [0, 0.05) is 11.1 Å². The van der Waals surface area contributed by atoms with Crippen molar-refractivity contribution in [1.82, 2.24) is 19.9 Å². The van der Waals surface area contributed by atoms with Gasteiger partial charge in [-0.25, -0.2) is 0 Å². The normalized spacial score (nSPS) is 12.4. The van der Waals surface area contributed by atoms with Crippen molar-refractivity contribution in [3.05, 3.63) is 167 Å². The van der Waals surface area contributed by atoms with Crippen LogP contribution in [-0.2, 0) is 30.4 Å². The zero-order valence-corrected chi connectivity index (χ0v) is 37.6. The summed E-state index contributed by atoms with van der Waals surface area (Å²) in [4.78, 5) is 20.1. The second-order valence-corrected chi connectivity index (χ2v) is 17.0. The first kappa shape index (κ1) is 45.5. The Hall–Kier alpha value is -5.00. The third kappa shape index (κ3) is 14.0. The zero-order chi connectivity index (χ0) is 42.5. The van der Waals surface area contributed by atoms with E-state index in [1.54, 1.807) is 0 Å². The van der Waals surface area contributed by atoms with Gasteiger partial charge in [0.25, 0.3) is 0 Å². The topological polar surface area (TPSA) is 60.8 Å². The van der Waals surface area contributed by atoms with Gasteiger partial charge in [0.1, 0.15) is 12.2 Å². The lowest BCUT2D eigenvalue weighted by molar-refractivity contribution is 0.0258. The molecule has 0 aliphatic heterocycles. The van der Waals surface area contributed by atoms with Gasteiger partial charge in [-0.3, -0.25) is 19.9 Å². The van der Waals surface area contributed by atoms with E-state index in [4.69, 9.17) is 24.7 Å². The zero-order valence-electron chi connectivity index (χ0n) is 37.6. The van der Waals surface area contributed by atoms with E-state index in [0.717, 1.165) is 70.7 Å². The lowest BCUT2D eigenvalue weighted by atomic mass is 9.99. The second-order valence-electron chi connectivity index (χ2n) is 17.0. The molecule has 6 aromatic rings. The van der Waals surface area contributed by atoms with Crippen LogP contribution in [0.15, 0.2) is 122 Å². The van der Waals surface area contributed by atoms with E-state index >= 15 is 0 Å². The highest BCUT2D eigenvalue weighted by atomic mass is 16.5. The van der Waals surface area contributed by atoms with E-state index in [2.05, 4.69) is 125 Å². The van der Waals surface area contributed by atoms with Crippen LogP contribution < -0.4 is 0 Å². The third-order valence-corrected chi connectivity index (χ3v) is 12.0. The van der Waals surface area contributed by atoms with Crippen molar-refractivity contribution in [3.63, 3.8) is 0 Å². The predicted octanol–water partition coefficient (Wildman–Crippen LogP) is 15.2. The number of ether oxygens (including phenoxy) is 1. The van der Waals surface area contributed by atoms with Crippen LogP contribution in [0.25, 0.3) is 22.5 Å². The number of unbranched alkanes of at least 4 members (excludes halogenated alkanes) is 10. The molecule has 0 fully saturated rings. The quantitative estimate of drug-likeness (QED) is 0.0511. The minimum atomic E-state index is -0.488. The first-order valence-electron chi connectivity index (χ1n) is 23.7. The average molecular weight is 815 g/mol. The van der Waals surface area contributed by atoms with E-state index in [0.29, 0.717) is 0 Å². The molecular formula is C56H70N4O. The Kier molecular flexibility index (Phi) is 18.7. The minimum absolute atomic E-state index is 0.488. The molecular weight excluding hydrogens is 745 g/mol. The molecule has 0 aliphatic carbocycles. The fourth-order valence-corrected chi connectivity index (χ4v) is 8.05. The summed E-state index contributed by atoms with van der Waals surface area (Å²) in [6, 6.07) is 35.4. The number of benzene rings is 4. The summed E-state index contributed by atoms with van der Waals surface area (Å²) in [5.41, 5.74) is 12.8. The van der Waals surface area contributed by atoms with Gasteiger partial charge >= 0.3 is 0 Å². The molecule has 2 unspecified atom stereocenters. The van der Waals surface area contributed by atoms with Crippen molar-refractivity contribution in [2.45, 2.75) is 155 Å². The first-order chi connectivity index (χ1) is 30.1. The molecule has 0 aliphatic rings. The van der Waals surface area contributed by atoms with Crippen molar-refractivity contribution in [2.24, 2.45) is 0 Å². The van der Waals surface area contributed by atoms with Crippen LogP contribution in [0.5, 0.6) is 0 Å². The van der Waals surface area contributed by atoms with Gasteiger partial charge in [-0.1, -0.05) is 189 Å². The SMILES string of the molecule is CCCCCCCc1ccc(-c2cnc(C(OC(c3ccc(CCCC)cc3)c3cnc(-c4ccc(CCCCCCC)cc4)cn3)c3ccc(CCCC)cc3)cn2)cc1. The van der Waals surface area contributed by atoms with Gasteiger partial charge in [0.05, 0.1) is 47.6 Å². The largest absolute Gasteiger partial charge is 0.353 e. The summed E-state index contributed by atoms with van der Waals surface area (Å²) >= 11 is 0. The molecule has 61 heavy (non-hydrogen) atoms. The highest BCUT2D eigenvalue weighted by Crippen LogP contribution is 2.36. The van der Waals surface area contributed by atoms with E-state index in [9.17, 15) is 0 Å². The lowest BCUT2D eigenvalue weighted by Crippen LogP contribution is -2.16. The summed E-state index contributed by atoms with van der Waals surface area (Å²) in [6.45, 7) is 9.01. The molecule has 2 atom stereocenters. The number of aryl methyl sites for hydroxylation is 4. The lowest BCUT2D eigenvalue weighted by Gasteiger charge is -2.25. The number of nitrogens with zero attached hydrogens (tertiary/aromatic N) is 4. The summed E-state index contributed by atoms with van der Waals surface area (Å²) < 4.78 is 7.28. The van der Waals surface area contributed by atoms with Gasteiger partial charge in [-0.05, 0) is 84.7 Å². The number of aromatic nitrogens is 4. The van der Waals surface area contributed by atoms with Crippen molar-refractivity contribution in [1.29, 1.82) is 0 Å². The van der Waals surface area contributed by atoms with E-state index in [1.165, 1.54) is 112 Å². The molecule has 2 aromatic heterocycles. The van der Waals surface area contributed by atoms with E-state index in [1.807, 2.05) is 24.8 Å². The number of rotatable bonds is 26. The molecule has 5 nitrogen and oxygen atoms in total. The molecule has 0 saturated carbocycles. The maximum atomic E-state index is 7.28. The highest BCUT2D eigenvalue weighted by molar-refractivity contribution is 5.59. The number of hydrogen-bond acceptors (Lipinski definition) is 5. The van der Waals surface area contributed by atoms with Crippen molar-refractivity contribution in [3.8, 4) is 22.5 Å². The van der Waals surface area contributed by atoms with Gasteiger partial charge in [-0.15, -0.1) is 0 Å². The van der Waals surface area contributed by atoms with E-state index in [-0.39, 0.29) is 0 Å². The third-order valence-electron chi connectivity index (χ3n) is 12.0. The highest BCUT2D eigenvalue weighted by Gasteiger charge is 2.26. The van der Waals surface area contributed by atoms with Crippen molar-refractivity contribution in [2.75, 3.05) is 0 Å². The second kappa shape index (κ2) is 25.1. The Morgan fingerprint density at radius 3 is 1.00 bits per heavy atom. The van der Waals surface area contributed by atoms with Gasteiger partial charge < -0.3 is 4.74 Å². The maximum absolute atomic E-state index is 7.28. The van der Waals surface area contributed by atoms with Crippen LogP contribution in [-0.4, -0.2) is 19.9 Å². The molecule has 2 heterocycles. The minimum Gasteiger partial charge on any atom is -0.353 e. The van der Waals surface area contributed by atoms with E-state index < -0.39 is 12.2 Å². The molecule has 320 valence electrons. The number of hydrogen-bond donors (Lipinski definition) is 0. The summed E-state index contributed by atoms with van der Waals surface area (Å²) in [5.74, 6) is 0. The van der Waals surface area contributed by atoms with Gasteiger partial charge in [-0.2, -0.15) is 0 Å². The van der Waals surface area contributed by atoms with Crippen LogP contribution in [0.2, 0.25) is 0 Å². The molecule has 5 heteroatoms. The standard InChI is InChI=1S/C56H70N4O/c1-5-9-13-15-17-21-45-23-31-47(32-24-45)51-39-59-53(41-57-51)55(49-35-27-43(28-36-49)19-11-7-3)61-56(50-37-29-44(30-38-50)20-12-8-4)54-42-58-52(40-60-54)48-33-25-46(26-34-48)22-18-16-14-10-6-2/h23-42,55-56H,5-22H2,1-4H3. The van der Waals surface area contributed by atoms with Gasteiger partial charge in [0.15, 0.2) is 0 Å². The molecule has 0 spiro atoms. The van der Waals surface area contributed by atoms with Crippen LogP contribution >= 0.6 is 0 Å². The summed E-state index contributed by atoms with van der Waals surface area (Å²) in [6.07, 6.45) is 28.5. The Balaban J connectivity index is 1.27. The fourth-order valence-electron chi connectivity index (χ4n) is 8.05. The molecule has 0 amide bonds. The molecule has 6 rings (SSSR count). The van der Waals surface area contributed by atoms with Crippen LogP contribution in [0.3, 0.4) is 0 Å². The first-order valence-corrected chi connectivity index (χ1v) is 23.7. The van der Waals surface area contributed by atoms with Crippen LogP contribution in [0.1, 0.15) is 175 Å². The predicted molar refractivity (Wildman–Crippen MR) is 255 cm³/mol. The van der Waals surface area contributed by atoms with Crippen LogP contribution in [0, 0.1) is 0 Å². The molecule has 0 N–H and O–H groups in total. The Labute approximate surface area is 367 Å². The summed E-state index contributed by atoms with van der Waals surface area (Å²) in [7, 11) is 0. The molecule has 0 bridgehead atoms. The Morgan fingerprint density at radius 2 is 0.672 bits per heavy atom. The molecule has 0 radical (unpaired) electrons. The molecule has 4 aromatic carbocycles.